The fraction of sp³-hybridized carbons (Fsp3) is 0. The van der Waals surface area contributed by atoms with Gasteiger partial charge in [-0.15, -0.1) is 0 Å². The van der Waals surface area contributed by atoms with Crippen molar-refractivity contribution >= 4 is 39.1 Å². The van der Waals surface area contributed by atoms with Crippen LogP contribution in [0.4, 0.5) is 5.69 Å². The van der Waals surface area contributed by atoms with Crippen molar-refractivity contribution in [2.24, 2.45) is 0 Å². The van der Waals surface area contributed by atoms with Crippen LogP contribution in [0.15, 0.2) is 40.9 Å². The third-order valence-corrected chi connectivity index (χ3v) is 3.65. The molecule has 0 aliphatic rings. The molecule has 4 nitrogen and oxygen atoms in total. The smallest absolute Gasteiger partial charge is 0.255 e. The number of hydrogen-bond donors (Lipinski definition) is 3. The van der Waals surface area contributed by atoms with Gasteiger partial charge in [-0.05, 0) is 52.3 Å². The van der Waals surface area contributed by atoms with Crippen molar-refractivity contribution in [2.75, 3.05) is 5.32 Å². The molecule has 0 saturated carbocycles. The fourth-order valence-electron chi connectivity index (χ4n) is 1.44. The molecule has 1 amide bonds. The normalized spacial score (nSPS) is 10.2. The first-order valence-corrected chi connectivity index (χ1v) is 6.43. The zero-order valence-corrected chi connectivity index (χ0v) is 11.9. The lowest BCUT2D eigenvalue weighted by Gasteiger charge is -2.07. The second-order valence-electron chi connectivity index (χ2n) is 3.79. The summed E-state index contributed by atoms with van der Waals surface area (Å²) in [5, 5.41) is 21.6. The number of amides is 1. The van der Waals surface area contributed by atoms with Crippen LogP contribution >= 0.6 is 27.5 Å². The summed E-state index contributed by atoms with van der Waals surface area (Å²) in [7, 11) is 0. The van der Waals surface area contributed by atoms with Crippen molar-refractivity contribution in [1.29, 1.82) is 0 Å². The third kappa shape index (κ3) is 3.19. The van der Waals surface area contributed by atoms with Crippen LogP contribution in [-0.2, 0) is 0 Å². The van der Waals surface area contributed by atoms with E-state index in [4.69, 9.17) is 11.6 Å². The van der Waals surface area contributed by atoms with Gasteiger partial charge in [0.2, 0.25) is 0 Å². The number of phenolic OH excluding ortho intramolecular Hbond substituents is 2. The van der Waals surface area contributed by atoms with Gasteiger partial charge in [-0.2, -0.15) is 0 Å². The molecule has 2 aromatic carbocycles. The number of hydrogen-bond acceptors (Lipinski definition) is 3. The van der Waals surface area contributed by atoms with Crippen molar-refractivity contribution in [3.05, 3.63) is 51.5 Å². The number of phenols is 2. The van der Waals surface area contributed by atoms with Gasteiger partial charge in [0.05, 0.1) is 5.02 Å². The van der Waals surface area contributed by atoms with Crippen molar-refractivity contribution in [3.63, 3.8) is 0 Å². The van der Waals surface area contributed by atoms with E-state index >= 15 is 0 Å². The van der Waals surface area contributed by atoms with Gasteiger partial charge in [-0.25, -0.2) is 0 Å². The highest BCUT2D eigenvalue weighted by molar-refractivity contribution is 9.10. The summed E-state index contributed by atoms with van der Waals surface area (Å²) >= 11 is 9.17. The molecule has 0 aromatic heterocycles. The lowest BCUT2D eigenvalue weighted by molar-refractivity contribution is 0.102. The summed E-state index contributed by atoms with van der Waals surface area (Å²) in [6.45, 7) is 0. The molecular weight excluding hydrogens is 334 g/mol. The summed E-state index contributed by atoms with van der Waals surface area (Å²) in [6, 6.07) is 8.85. The molecule has 0 saturated heterocycles. The van der Waals surface area contributed by atoms with E-state index < -0.39 is 5.91 Å². The lowest BCUT2D eigenvalue weighted by Crippen LogP contribution is -2.11. The third-order valence-electron chi connectivity index (χ3n) is 2.42. The summed E-state index contributed by atoms with van der Waals surface area (Å²) in [5.74, 6) is -1.03. The fourth-order valence-corrected chi connectivity index (χ4v) is 1.87. The monoisotopic (exact) mass is 341 g/mol. The minimum Gasteiger partial charge on any atom is -0.504 e. The second kappa shape index (κ2) is 5.50. The SMILES string of the molecule is O=C(Nc1ccc(Br)c(Cl)c1)c1ccc(O)c(O)c1. The highest BCUT2D eigenvalue weighted by Crippen LogP contribution is 2.27. The maximum absolute atomic E-state index is 11.9. The topological polar surface area (TPSA) is 69.6 Å². The lowest BCUT2D eigenvalue weighted by atomic mass is 10.2. The minimum absolute atomic E-state index is 0.231. The van der Waals surface area contributed by atoms with Crippen LogP contribution in [0.1, 0.15) is 10.4 Å². The molecule has 0 radical (unpaired) electrons. The molecule has 0 atom stereocenters. The number of rotatable bonds is 2. The molecular formula is C13H9BrClNO3. The highest BCUT2D eigenvalue weighted by Gasteiger charge is 2.09. The molecule has 3 N–H and O–H groups in total. The van der Waals surface area contributed by atoms with Gasteiger partial charge in [0, 0.05) is 15.7 Å². The Morgan fingerprint density at radius 1 is 1.11 bits per heavy atom. The predicted octanol–water partition coefficient (Wildman–Crippen LogP) is 3.77. The van der Waals surface area contributed by atoms with Crippen LogP contribution in [0, 0.1) is 0 Å². The summed E-state index contributed by atoms with van der Waals surface area (Å²) in [6.07, 6.45) is 0. The van der Waals surface area contributed by atoms with Gasteiger partial charge >= 0.3 is 0 Å². The molecule has 0 unspecified atom stereocenters. The molecule has 2 rings (SSSR count). The maximum atomic E-state index is 11.9. The molecule has 0 aliphatic heterocycles. The van der Waals surface area contributed by atoms with Gasteiger partial charge in [-0.3, -0.25) is 4.79 Å². The molecule has 6 heteroatoms. The Bertz CT molecular complexity index is 646. The second-order valence-corrected chi connectivity index (χ2v) is 5.05. The number of carbonyl (C=O) groups is 1. The molecule has 0 spiro atoms. The van der Waals surface area contributed by atoms with Crippen LogP contribution in [0.5, 0.6) is 11.5 Å². The van der Waals surface area contributed by atoms with Crippen molar-refractivity contribution in [1.82, 2.24) is 0 Å². The number of aromatic hydroxyl groups is 2. The minimum atomic E-state index is -0.409. The maximum Gasteiger partial charge on any atom is 0.255 e. The molecule has 0 heterocycles. The first-order chi connectivity index (χ1) is 8.97. The Morgan fingerprint density at radius 3 is 2.47 bits per heavy atom. The number of benzene rings is 2. The summed E-state index contributed by atoms with van der Waals surface area (Å²) in [5.41, 5.74) is 0.764. The van der Waals surface area contributed by atoms with Crippen LogP contribution in [0.3, 0.4) is 0 Å². The molecule has 0 fully saturated rings. The zero-order valence-electron chi connectivity index (χ0n) is 9.52. The Labute approximate surface area is 122 Å². The Morgan fingerprint density at radius 2 is 1.84 bits per heavy atom. The van der Waals surface area contributed by atoms with E-state index in [-0.39, 0.29) is 17.1 Å². The first-order valence-electron chi connectivity index (χ1n) is 5.26. The summed E-state index contributed by atoms with van der Waals surface area (Å²) < 4.78 is 0.731. The van der Waals surface area contributed by atoms with Gasteiger partial charge < -0.3 is 15.5 Å². The van der Waals surface area contributed by atoms with E-state index in [0.29, 0.717) is 10.7 Å². The van der Waals surface area contributed by atoms with E-state index in [1.165, 1.54) is 18.2 Å². The van der Waals surface area contributed by atoms with E-state index in [1.54, 1.807) is 18.2 Å². The number of carbonyl (C=O) groups excluding carboxylic acids is 1. The van der Waals surface area contributed by atoms with Crippen molar-refractivity contribution < 1.29 is 15.0 Å². The highest BCUT2D eigenvalue weighted by atomic mass is 79.9. The quantitative estimate of drug-likeness (QED) is 0.728. The van der Waals surface area contributed by atoms with Gasteiger partial charge in [0.15, 0.2) is 11.5 Å². The van der Waals surface area contributed by atoms with Crippen LogP contribution in [-0.4, -0.2) is 16.1 Å². The molecule has 0 aliphatic carbocycles. The zero-order chi connectivity index (χ0) is 14.0. The number of halogens is 2. The van der Waals surface area contributed by atoms with Crippen molar-refractivity contribution in [2.45, 2.75) is 0 Å². The largest absolute Gasteiger partial charge is 0.504 e. The molecule has 19 heavy (non-hydrogen) atoms. The van der Waals surface area contributed by atoms with Crippen LogP contribution in [0.25, 0.3) is 0 Å². The average Bonchev–Trinajstić information content (AvgIpc) is 2.37. The van der Waals surface area contributed by atoms with Crippen LogP contribution < -0.4 is 5.32 Å². The van der Waals surface area contributed by atoms with E-state index in [0.717, 1.165) is 4.47 Å². The van der Waals surface area contributed by atoms with Gasteiger partial charge in [0.25, 0.3) is 5.91 Å². The molecule has 0 bridgehead atoms. The van der Waals surface area contributed by atoms with E-state index in [9.17, 15) is 15.0 Å². The van der Waals surface area contributed by atoms with E-state index in [2.05, 4.69) is 21.2 Å². The molecule has 98 valence electrons. The number of nitrogens with one attached hydrogen (secondary N) is 1. The molecule has 2 aromatic rings. The van der Waals surface area contributed by atoms with E-state index in [1.807, 2.05) is 0 Å². The Hall–Kier alpha value is -1.72. The van der Waals surface area contributed by atoms with Crippen molar-refractivity contribution in [3.8, 4) is 11.5 Å². The Kier molecular flexibility index (Phi) is 3.97. The average molecular weight is 343 g/mol. The summed E-state index contributed by atoms with van der Waals surface area (Å²) in [4.78, 5) is 11.9. The van der Waals surface area contributed by atoms with Crippen LogP contribution in [0.2, 0.25) is 5.02 Å². The number of anilines is 1. The predicted molar refractivity (Wildman–Crippen MR) is 76.9 cm³/mol. The van der Waals surface area contributed by atoms with Gasteiger partial charge in [-0.1, -0.05) is 11.6 Å². The Balaban J connectivity index is 2.20. The van der Waals surface area contributed by atoms with Gasteiger partial charge in [0.1, 0.15) is 0 Å². The first kappa shape index (κ1) is 13.7. The standard InChI is InChI=1S/C13H9BrClNO3/c14-9-3-2-8(6-10(9)15)16-13(19)7-1-4-11(17)12(18)5-7/h1-6,17-18H,(H,16,19).